The summed E-state index contributed by atoms with van der Waals surface area (Å²) >= 11 is 0. The highest BCUT2D eigenvalue weighted by Gasteiger charge is 2.37. The van der Waals surface area contributed by atoms with Crippen molar-refractivity contribution in [3.8, 4) is 11.5 Å². The molecule has 0 bridgehead atoms. The van der Waals surface area contributed by atoms with Crippen molar-refractivity contribution < 1.29 is 29.0 Å². The quantitative estimate of drug-likeness (QED) is 0.746. The minimum Gasteiger partial charge on any atom is -0.504 e. The zero-order valence-electron chi connectivity index (χ0n) is 11.3. The molecule has 1 aliphatic rings. The van der Waals surface area contributed by atoms with E-state index in [9.17, 15) is 19.8 Å². The van der Waals surface area contributed by atoms with Gasteiger partial charge in [-0.1, -0.05) is 0 Å². The minimum absolute atomic E-state index is 0.0868. The first kappa shape index (κ1) is 13.4. The molecular weight excluding hydrogens is 276 g/mol. The van der Waals surface area contributed by atoms with Crippen molar-refractivity contribution in [2.45, 2.75) is 13.0 Å². The number of rotatable bonds is 2. The number of aliphatic hydroxyl groups excluding tert-OH is 1. The molecular formula is C15H12O6. The van der Waals surface area contributed by atoms with Crippen LogP contribution in [0, 0.1) is 0 Å². The number of phenolic OH excluding ortho intramolecular Hbond substituents is 1. The Bertz CT molecular complexity index is 769. The fourth-order valence-electron chi connectivity index (χ4n) is 2.37. The molecule has 0 radical (unpaired) electrons. The van der Waals surface area contributed by atoms with Gasteiger partial charge in [-0.2, -0.15) is 0 Å². The van der Waals surface area contributed by atoms with E-state index in [4.69, 9.17) is 9.15 Å². The molecule has 2 N–H and O–H groups in total. The van der Waals surface area contributed by atoms with Gasteiger partial charge < -0.3 is 19.4 Å². The highest BCUT2D eigenvalue weighted by atomic mass is 16.5. The topological polar surface area (TPSA) is 97.0 Å². The number of hydrogen-bond acceptors (Lipinski definition) is 6. The van der Waals surface area contributed by atoms with E-state index in [2.05, 4.69) is 0 Å². The van der Waals surface area contributed by atoms with Crippen LogP contribution in [0.25, 0.3) is 0 Å². The van der Waals surface area contributed by atoms with Crippen LogP contribution in [-0.2, 0) is 0 Å². The summed E-state index contributed by atoms with van der Waals surface area (Å²) in [4.78, 5) is 24.8. The normalized spacial score (nSPS) is 14.6. The number of fused-ring (bicyclic) bond motifs is 2. The maximum atomic E-state index is 12.4. The number of aliphatic hydroxyl groups is 1. The van der Waals surface area contributed by atoms with Crippen LogP contribution in [-0.4, -0.2) is 28.9 Å². The predicted octanol–water partition coefficient (Wildman–Crippen LogP) is 1.82. The van der Waals surface area contributed by atoms with Crippen LogP contribution in [0.15, 0.2) is 22.6 Å². The number of ketones is 2. The average Bonchev–Trinajstić information content (AvgIpc) is 2.90. The van der Waals surface area contributed by atoms with Crippen LogP contribution in [0.1, 0.15) is 50.8 Å². The fraction of sp³-hybridized carbons (Fsp3) is 0.200. The van der Waals surface area contributed by atoms with Gasteiger partial charge in [0.1, 0.15) is 11.9 Å². The van der Waals surface area contributed by atoms with Crippen molar-refractivity contribution in [3.05, 3.63) is 46.4 Å². The monoisotopic (exact) mass is 288 g/mol. The zero-order valence-corrected chi connectivity index (χ0v) is 11.3. The molecule has 21 heavy (non-hydrogen) atoms. The number of benzene rings is 1. The molecule has 1 heterocycles. The Morgan fingerprint density at radius 3 is 2.52 bits per heavy atom. The Labute approximate surface area is 119 Å². The molecule has 3 rings (SSSR count). The molecule has 0 aliphatic heterocycles. The summed E-state index contributed by atoms with van der Waals surface area (Å²) < 4.78 is 10.2. The number of ether oxygens (including phenoxy) is 1. The second-order valence-electron chi connectivity index (χ2n) is 4.76. The number of aromatic hydroxyl groups is 1. The van der Waals surface area contributed by atoms with Gasteiger partial charge in [-0.3, -0.25) is 9.59 Å². The van der Waals surface area contributed by atoms with Crippen molar-refractivity contribution in [2.24, 2.45) is 0 Å². The third-order valence-corrected chi connectivity index (χ3v) is 3.45. The predicted molar refractivity (Wildman–Crippen MR) is 70.9 cm³/mol. The summed E-state index contributed by atoms with van der Waals surface area (Å²) in [6.07, 6.45) is -0.942. The maximum Gasteiger partial charge on any atom is 0.233 e. The van der Waals surface area contributed by atoms with E-state index in [1.807, 2.05) is 0 Å². The number of carbonyl (C=O) groups is 2. The molecule has 0 unspecified atom stereocenters. The van der Waals surface area contributed by atoms with Gasteiger partial charge in [0.05, 0.1) is 18.2 Å². The number of furan rings is 1. The SMILES string of the molecule is COc1ccc2c(c1O)C(=O)c1oc([C@@H](C)O)cc1C2=O. The third kappa shape index (κ3) is 1.76. The van der Waals surface area contributed by atoms with Gasteiger partial charge in [-0.15, -0.1) is 0 Å². The lowest BCUT2D eigenvalue weighted by molar-refractivity contribution is 0.0950. The van der Waals surface area contributed by atoms with Crippen LogP contribution in [0.5, 0.6) is 11.5 Å². The average molecular weight is 288 g/mol. The lowest BCUT2D eigenvalue weighted by Gasteiger charge is -2.15. The van der Waals surface area contributed by atoms with Crippen LogP contribution in [0.2, 0.25) is 0 Å². The molecule has 0 amide bonds. The molecule has 1 aromatic carbocycles. The lowest BCUT2D eigenvalue weighted by atomic mass is 9.87. The number of phenols is 1. The van der Waals surface area contributed by atoms with Gasteiger partial charge >= 0.3 is 0 Å². The second-order valence-corrected chi connectivity index (χ2v) is 4.76. The first-order valence-electron chi connectivity index (χ1n) is 6.26. The van der Waals surface area contributed by atoms with Crippen LogP contribution in [0.3, 0.4) is 0 Å². The van der Waals surface area contributed by atoms with Crippen molar-refractivity contribution in [2.75, 3.05) is 7.11 Å². The number of methoxy groups -OCH3 is 1. The van der Waals surface area contributed by atoms with Crippen LogP contribution < -0.4 is 4.74 Å². The largest absolute Gasteiger partial charge is 0.504 e. The number of hydrogen-bond donors (Lipinski definition) is 2. The molecule has 1 aromatic heterocycles. The first-order chi connectivity index (χ1) is 9.95. The summed E-state index contributed by atoms with van der Waals surface area (Å²) in [5.74, 6) is -1.39. The summed E-state index contributed by atoms with van der Waals surface area (Å²) in [7, 11) is 1.35. The Morgan fingerprint density at radius 1 is 1.19 bits per heavy atom. The van der Waals surface area contributed by atoms with Crippen LogP contribution >= 0.6 is 0 Å². The summed E-state index contributed by atoms with van der Waals surface area (Å²) in [6.45, 7) is 1.47. The molecule has 0 saturated heterocycles. The smallest absolute Gasteiger partial charge is 0.233 e. The molecule has 0 spiro atoms. The zero-order chi connectivity index (χ0) is 15.3. The Hall–Kier alpha value is -2.60. The summed E-state index contributed by atoms with van der Waals surface area (Å²) in [6, 6.07) is 4.19. The van der Waals surface area contributed by atoms with E-state index < -0.39 is 23.4 Å². The van der Waals surface area contributed by atoms with Crippen molar-refractivity contribution in [3.63, 3.8) is 0 Å². The van der Waals surface area contributed by atoms with E-state index in [0.29, 0.717) is 0 Å². The Kier molecular flexibility index (Phi) is 2.84. The van der Waals surface area contributed by atoms with Gasteiger partial charge in [0.25, 0.3) is 0 Å². The molecule has 1 aliphatic carbocycles. The first-order valence-corrected chi connectivity index (χ1v) is 6.26. The molecule has 0 saturated carbocycles. The highest BCUT2D eigenvalue weighted by Crippen LogP contribution is 2.39. The van der Waals surface area contributed by atoms with Gasteiger partial charge in [0.15, 0.2) is 23.0 Å². The van der Waals surface area contributed by atoms with Crippen LogP contribution in [0.4, 0.5) is 0 Å². The maximum absolute atomic E-state index is 12.4. The van der Waals surface area contributed by atoms with Crippen molar-refractivity contribution in [1.29, 1.82) is 0 Å². The molecule has 6 heteroatoms. The van der Waals surface area contributed by atoms with E-state index in [1.165, 1.54) is 32.2 Å². The van der Waals surface area contributed by atoms with E-state index in [-0.39, 0.29) is 34.0 Å². The Morgan fingerprint density at radius 2 is 1.90 bits per heavy atom. The Balaban J connectivity index is 2.25. The minimum atomic E-state index is -0.942. The van der Waals surface area contributed by atoms with E-state index in [0.717, 1.165) is 0 Å². The summed E-state index contributed by atoms with van der Waals surface area (Å²) in [5.41, 5.74) is 0.0371. The fourth-order valence-corrected chi connectivity index (χ4v) is 2.37. The molecule has 108 valence electrons. The van der Waals surface area contributed by atoms with Gasteiger partial charge in [-0.05, 0) is 25.1 Å². The standard InChI is InChI=1S/C15H12O6/c1-6(16)10-5-8-12(17)7-3-4-9(20-2)13(18)11(7)14(19)15(8)21-10/h3-6,16,18H,1-2H3/t6-/m1/s1. The van der Waals surface area contributed by atoms with Crippen molar-refractivity contribution >= 4 is 11.6 Å². The number of carbonyl (C=O) groups excluding carboxylic acids is 2. The molecule has 1 atom stereocenters. The second kappa shape index (κ2) is 4.46. The van der Waals surface area contributed by atoms with E-state index in [1.54, 1.807) is 0 Å². The molecule has 6 nitrogen and oxygen atoms in total. The van der Waals surface area contributed by atoms with Gasteiger partial charge in [-0.25, -0.2) is 0 Å². The van der Waals surface area contributed by atoms with Gasteiger partial charge in [0.2, 0.25) is 5.78 Å². The third-order valence-electron chi connectivity index (χ3n) is 3.45. The van der Waals surface area contributed by atoms with Crippen molar-refractivity contribution in [1.82, 2.24) is 0 Å². The molecule has 2 aromatic rings. The summed E-state index contributed by atoms with van der Waals surface area (Å²) in [5, 5.41) is 19.6. The van der Waals surface area contributed by atoms with Gasteiger partial charge in [0, 0.05) is 5.56 Å². The highest BCUT2D eigenvalue weighted by molar-refractivity contribution is 6.28. The lowest BCUT2D eigenvalue weighted by Crippen LogP contribution is -2.19. The molecule has 0 fully saturated rings. The van der Waals surface area contributed by atoms with E-state index >= 15 is 0 Å².